The molecule has 43 heavy (non-hydrogen) atoms. The molecule has 0 N–H and O–H groups in total. The number of rotatable bonds is 21. The van der Waals surface area contributed by atoms with E-state index in [9.17, 15) is 0 Å². The van der Waals surface area contributed by atoms with Gasteiger partial charge in [-0.1, -0.05) is 93.1 Å². The summed E-state index contributed by atoms with van der Waals surface area (Å²) in [6.45, 7) is 0. The maximum absolute atomic E-state index is 5.70. The minimum atomic E-state index is -0.412. The van der Waals surface area contributed by atoms with E-state index in [0.29, 0.717) is 0 Å². The lowest BCUT2D eigenvalue weighted by Crippen LogP contribution is -2.18. The predicted molar refractivity (Wildman–Crippen MR) is 189 cm³/mol. The SMILES string of the molecule is COc1cccc([SiH2]CCCC(CCC[SiH2]c2cccc(OC)c2OC)CCC[SiH2]c2cccc(OC)c2OC)c1OC. The van der Waals surface area contributed by atoms with Crippen molar-refractivity contribution in [2.45, 2.75) is 56.7 Å². The molecule has 236 valence electrons. The molecule has 0 saturated heterocycles. The number of hydrogen-bond acceptors (Lipinski definition) is 6. The largest absolute Gasteiger partial charge is 0.493 e. The highest BCUT2D eigenvalue weighted by atomic mass is 28.2. The van der Waals surface area contributed by atoms with Crippen molar-refractivity contribution in [1.82, 2.24) is 0 Å². The second kappa shape index (κ2) is 19.4. The monoisotopic (exact) mass is 640 g/mol. The van der Waals surface area contributed by atoms with Crippen molar-refractivity contribution in [3.05, 3.63) is 54.6 Å². The lowest BCUT2D eigenvalue weighted by Gasteiger charge is -2.18. The third kappa shape index (κ3) is 10.4. The Bertz CT molecular complexity index is 1090. The van der Waals surface area contributed by atoms with Gasteiger partial charge >= 0.3 is 0 Å². The highest BCUT2D eigenvalue weighted by Gasteiger charge is 2.15. The van der Waals surface area contributed by atoms with Crippen LogP contribution in [0.2, 0.25) is 18.1 Å². The predicted octanol–water partition coefficient (Wildman–Crippen LogP) is 3.73. The molecule has 0 fully saturated rings. The van der Waals surface area contributed by atoms with E-state index in [2.05, 4.69) is 36.4 Å². The molecule has 0 aromatic heterocycles. The van der Waals surface area contributed by atoms with Crippen LogP contribution in [-0.4, -0.2) is 71.2 Å². The molecule has 0 aliphatic heterocycles. The van der Waals surface area contributed by atoms with Gasteiger partial charge in [0.15, 0.2) is 34.5 Å². The number of para-hydroxylation sites is 3. The van der Waals surface area contributed by atoms with E-state index in [1.54, 1.807) is 42.7 Å². The molecule has 0 bridgehead atoms. The summed E-state index contributed by atoms with van der Waals surface area (Å²) in [4.78, 5) is 0. The van der Waals surface area contributed by atoms with Gasteiger partial charge in [-0.05, 0) is 39.7 Å². The highest BCUT2D eigenvalue weighted by Crippen LogP contribution is 2.27. The second-order valence-corrected chi connectivity index (χ2v) is 17.0. The van der Waals surface area contributed by atoms with Crippen LogP contribution in [0.15, 0.2) is 54.6 Å². The quantitative estimate of drug-likeness (QED) is 0.131. The van der Waals surface area contributed by atoms with Crippen molar-refractivity contribution in [3.8, 4) is 34.5 Å². The molecule has 0 heterocycles. The first-order valence-electron chi connectivity index (χ1n) is 15.7. The summed E-state index contributed by atoms with van der Waals surface area (Å²) >= 11 is 0. The third-order valence-corrected chi connectivity index (χ3v) is 14.2. The zero-order chi connectivity index (χ0) is 30.9. The van der Waals surface area contributed by atoms with Crippen LogP contribution in [0.3, 0.4) is 0 Å². The maximum atomic E-state index is 5.70. The van der Waals surface area contributed by atoms with E-state index in [-0.39, 0.29) is 0 Å². The summed E-state index contributed by atoms with van der Waals surface area (Å²) < 4.78 is 33.7. The summed E-state index contributed by atoms with van der Waals surface area (Å²) in [5.74, 6) is 6.12. The first-order valence-corrected chi connectivity index (χ1v) is 20.8. The Kier molecular flexibility index (Phi) is 15.6. The van der Waals surface area contributed by atoms with Crippen LogP contribution >= 0.6 is 0 Å². The summed E-state index contributed by atoms with van der Waals surface area (Å²) in [6, 6.07) is 22.8. The van der Waals surface area contributed by atoms with Gasteiger partial charge < -0.3 is 28.4 Å². The fourth-order valence-electron chi connectivity index (χ4n) is 6.13. The van der Waals surface area contributed by atoms with Gasteiger partial charge in [0, 0.05) is 0 Å². The molecule has 0 unspecified atom stereocenters. The van der Waals surface area contributed by atoms with Gasteiger partial charge in [0.1, 0.15) is 0 Å². The van der Waals surface area contributed by atoms with Crippen molar-refractivity contribution in [1.29, 1.82) is 0 Å². The fraction of sp³-hybridized carbons (Fsp3) is 0.471. The van der Waals surface area contributed by atoms with Gasteiger partial charge in [-0.3, -0.25) is 0 Å². The molecule has 0 amide bonds. The lowest BCUT2D eigenvalue weighted by molar-refractivity contribution is 0.357. The molecule has 0 aliphatic carbocycles. The Labute approximate surface area is 266 Å². The second-order valence-electron chi connectivity index (χ2n) is 11.1. The summed E-state index contributed by atoms with van der Waals surface area (Å²) in [5.41, 5.74) is 0. The molecule has 0 radical (unpaired) electrons. The van der Waals surface area contributed by atoms with E-state index < -0.39 is 28.6 Å². The minimum absolute atomic E-state index is 0.412. The Balaban J connectivity index is 1.54. The van der Waals surface area contributed by atoms with Gasteiger partial charge in [-0.25, -0.2) is 0 Å². The van der Waals surface area contributed by atoms with Gasteiger partial charge in [0.05, 0.1) is 71.2 Å². The fourth-order valence-corrected chi connectivity index (χ4v) is 11.4. The first kappa shape index (κ1) is 34.6. The summed E-state index contributed by atoms with van der Waals surface area (Å²) in [7, 11) is 9.16. The van der Waals surface area contributed by atoms with Crippen molar-refractivity contribution in [3.63, 3.8) is 0 Å². The molecule has 0 aliphatic rings. The van der Waals surface area contributed by atoms with Crippen LogP contribution in [0.4, 0.5) is 0 Å². The molecule has 3 rings (SSSR count). The third-order valence-electron chi connectivity index (χ3n) is 8.38. The molecule has 9 heteroatoms. The number of methoxy groups -OCH3 is 6. The van der Waals surface area contributed by atoms with Gasteiger partial charge in [-0.2, -0.15) is 0 Å². The van der Waals surface area contributed by atoms with E-state index in [1.165, 1.54) is 72.2 Å². The zero-order valence-electron chi connectivity index (χ0n) is 27.2. The van der Waals surface area contributed by atoms with Crippen LogP contribution in [0, 0.1) is 5.92 Å². The van der Waals surface area contributed by atoms with Crippen LogP contribution in [0.5, 0.6) is 34.5 Å². The Hall–Kier alpha value is -2.89. The highest BCUT2D eigenvalue weighted by molar-refractivity contribution is 6.55. The zero-order valence-corrected chi connectivity index (χ0v) is 31.5. The molecule has 3 aromatic carbocycles. The van der Waals surface area contributed by atoms with Crippen LogP contribution in [0.25, 0.3) is 0 Å². The Morgan fingerprint density at radius 1 is 0.442 bits per heavy atom. The molecule has 0 spiro atoms. The number of hydrogen-bond donors (Lipinski definition) is 0. The summed E-state index contributed by atoms with van der Waals surface area (Å²) in [5, 5.41) is 4.11. The summed E-state index contributed by atoms with van der Waals surface area (Å²) in [6.07, 6.45) is 7.81. The molecule has 0 atom stereocenters. The Morgan fingerprint density at radius 2 is 0.744 bits per heavy atom. The van der Waals surface area contributed by atoms with Crippen molar-refractivity contribution < 1.29 is 28.4 Å². The van der Waals surface area contributed by atoms with Gasteiger partial charge in [0.2, 0.25) is 0 Å². The lowest BCUT2D eigenvalue weighted by atomic mass is 9.94. The topological polar surface area (TPSA) is 55.4 Å². The van der Waals surface area contributed by atoms with Crippen molar-refractivity contribution in [2.75, 3.05) is 42.7 Å². The number of benzene rings is 3. The standard InChI is InChI=1S/C34H52O6Si3/c1-35-26-16-7-19-29(32(26)38-4)41-22-10-13-25(14-11-23-42-30-20-8-17-27(36-2)33(30)39-5)15-12-24-43-31-21-9-18-28(37-3)34(31)40-6/h7-9,16-21,25H,10-15,22-24,41-43H2,1-6H3. The smallest absolute Gasteiger partial charge is 0.160 e. The van der Waals surface area contributed by atoms with Gasteiger partial charge in [0.25, 0.3) is 0 Å². The van der Waals surface area contributed by atoms with Gasteiger partial charge in [-0.15, -0.1) is 0 Å². The van der Waals surface area contributed by atoms with E-state index >= 15 is 0 Å². The molecular weight excluding hydrogens is 589 g/mol. The first-order chi connectivity index (χ1) is 21.1. The molecule has 0 saturated carbocycles. The van der Waals surface area contributed by atoms with E-state index in [1.807, 2.05) is 18.2 Å². The van der Waals surface area contributed by atoms with E-state index in [4.69, 9.17) is 28.4 Å². The normalized spacial score (nSPS) is 12.4. The maximum Gasteiger partial charge on any atom is 0.160 e. The molecular formula is C34H52O6Si3. The number of ether oxygens (including phenoxy) is 6. The average molecular weight is 641 g/mol. The van der Waals surface area contributed by atoms with Crippen LogP contribution in [-0.2, 0) is 0 Å². The molecule has 6 nitrogen and oxygen atoms in total. The average Bonchev–Trinajstić information content (AvgIpc) is 3.05. The van der Waals surface area contributed by atoms with Crippen LogP contribution in [0.1, 0.15) is 38.5 Å². The van der Waals surface area contributed by atoms with E-state index in [0.717, 1.165) is 40.4 Å². The van der Waals surface area contributed by atoms with Crippen molar-refractivity contribution >= 4 is 44.1 Å². The van der Waals surface area contributed by atoms with Crippen molar-refractivity contribution in [2.24, 2.45) is 5.92 Å². The Morgan fingerprint density at radius 3 is 1.00 bits per heavy atom. The molecule has 3 aromatic rings. The van der Waals surface area contributed by atoms with Crippen LogP contribution < -0.4 is 44.0 Å². The minimum Gasteiger partial charge on any atom is -0.493 e.